The first-order valence-electron chi connectivity index (χ1n) is 9.81. The molecule has 3 aromatic carbocycles. The van der Waals surface area contributed by atoms with Crippen LogP contribution in [0.15, 0.2) is 66.7 Å². The van der Waals surface area contributed by atoms with Gasteiger partial charge in [-0.2, -0.15) is 13.2 Å². The monoisotopic (exact) mass is 455 g/mol. The zero-order valence-electron chi connectivity index (χ0n) is 17.3. The minimum atomic E-state index is -4.62. The summed E-state index contributed by atoms with van der Waals surface area (Å²) in [5.41, 5.74) is 1.12. The van der Waals surface area contributed by atoms with Gasteiger partial charge in [0.1, 0.15) is 5.82 Å². The van der Waals surface area contributed by atoms with E-state index in [4.69, 9.17) is 4.74 Å². The van der Waals surface area contributed by atoms with Gasteiger partial charge in [0.05, 0.1) is 28.9 Å². The summed E-state index contributed by atoms with van der Waals surface area (Å²) >= 11 is 0. The van der Waals surface area contributed by atoms with E-state index in [0.717, 1.165) is 29.8 Å². The molecule has 0 atom stereocenters. The van der Waals surface area contributed by atoms with E-state index in [2.05, 4.69) is 4.98 Å². The fourth-order valence-corrected chi connectivity index (χ4v) is 3.58. The van der Waals surface area contributed by atoms with Crippen LogP contribution >= 0.6 is 0 Å². The van der Waals surface area contributed by atoms with Crippen LogP contribution in [0.2, 0.25) is 0 Å². The summed E-state index contributed by atoms with van der Waals surface area (Å²) in [5, 5.41) is 9.42. The van der Waals surface area contributed by atoms with E-state index >= 15 is 0 Å². The van der Waals surface area contributed by atoms with Crippen molar-refractivity contribution in [3.63, 3.8) is 0 Å². The lowest BCUT2D eigenvalue weighted by atomic mass is 9.99. The van der Waals surface area contributed by atoms with Crippen LogP contribution in [0, 0.1) is 5.82 Å². The number of aromatic carboxylic acids is 1. The van der Waals surface area contributed by atoms with Crippen LogP contribution in [0.1, 0.15) is 21.5 Å². The summed E-state index contributed by atoms with van der Waals surface area (Å²) in [6, 6.07) is 15.4. The average molecular weight is 455 g/mol. The number of methoxy groups -OCH3 is 1. The molecule has 0 amide bonds. The van der Waals surface area contributed by atoms with Gasteiger partial charge >= 0.3 is 12.1 Å². The highest BCUT2D eigenvalue weighted by atomic mass is 19.4. The number of rotatable bonds is 5. The second kappa shape index (κ2) is 8.63. The first-order chi connectivity index (χ1) is 15.7. The molecule has 168 valence electrons. The predicted molar refractivity (Wildman–Crippen MR) is 115 cm³/mol. The number of carboxylic acids is 1. The molecule has 4 rings (SSSR count). The summed E-state index contributed by atoms with van der Waals surface area (Å²) < 4.78 is 59.2. The smallest absolute Gasteiger partial charge is 0.416 e. The summed E-state index contributed by atoms with van der Waals surface area (Å²) in [6.45, 7) is 0.436. The topological polar surface area (TPSA) is 59.4 Å². The Bertz CT molecular complexity index is 1350. The minimum Gasteiger partial charge on any atom is -0.478 e. The molecular weight excluding hydrogens is 438 g/mol. The van der Waals surface area contributed by atoms with Gasteiger partial charge < -0.3 is 9.84 Å². The van der Waals surface area contributed by atoms with Gasteiger partial charge in [-0.3, -0.25) is 0 Å². The molecule has 0 unspecified atom stereocenters. The Morgan fingerprint density at radius 3 is 2.27 bits per heavy atom. The molecule has 0 saturated heterocycles. The zero-order chi connectivity index (χ0) is 23.8. The second-order valence-corrected chi connectivity index (χ2v) is 7.41. The first-order valence-corrected chi connectivity index (χ1v) is 9.81. The lowest BCUT2D eigenvalue weighted by Gasteiger charge is -2.12. The molecule has 4 aromatic rings. The Labute approximate surface area is 186 Å². The van der Waals surface area contributed by atoms with E-state index in [1.54, 1.807) is 31.4 Å². The van der Waals surface area contributed by atoms with Gasteiger partial charge in [0.15, 0.2) is 0 Å². The molecule has 8 heteroatoms. The maximum atomic E-state index is 14.9. The predicted octanol–water partition coefficient (Wildman–Crippen LogP) is 6.57. The fourth-order valence-electron chi connectivity index (χ4n) is 3.58. The molecule has 0 spiro atoms. The molecule has 1 heterocycles. The van der Waals surface area contributed by atoms with Crippen molar-refractivity contribution in [3.8, 4) is 22.4 Å². The number of fused-ring (bicyclic) bond motifs is 1. The van der Waals surface area contributed by atoms with Crippen LogP contribution in [0.3, 0.4) is 0 Å². The van der Waals surface area contributed by atoms with Crippen LogP contribution < -0.4 is 0 Å². The maximum absolute atomic E-state index is 14.9. The van der Waals surface area contributed by atoms with Gasteiger partial charge in [-0.15, -0.1) is 0 Å². The number of aromatic nitrogens is 1. The van der Waals surface area contributed by atoms with E-state index in [9.17, 15) is 27.5 Å². The van der Waals surface area contributed by atoms with Crippen molar-refractivity contribution in [1.29, 1.82) is 0 Å². The van der Waals surface area contributed by atoms with Crippen molar-refractivity contribution in [2.24, 2.45) is 0 Å². The maximum Gasteiger partial charge on any atom is 0.416 e. The molecule has 0 radical (unpaired) electrons. The average Bonchev–Trinajstić information content (AvgIpc) is 2.78. The normalized spacial score (nSPS) is 11.7. The molecule has 0 aliphatic rings. The highest BCUT2D eigenvalue weighted by Gasteiger charge is 2.31. The number of ether oxygens (including phenoxy) is 1. The van der Waals surface area contributed by atoms with Crippen molar-refractivity contribution in [1.82, 2.24) is 4.98 Å². The highest BCUT2D eigenvalue weighted by molar-refractivity contribution is 6.04. The number of hydrogen-bond donors (Lipinski definition) is 1. The van der Waals surface area contributed by atoms with Gasteiger partial charge in [0.2, 0.25) is 0 Å². The van der Waals surface area contributed by atoms with Crippen LogP contribution in [0.25, 0.3) is 33.3 Å². The van der Waals surface area contributed by atoms with Crippen molar-refractivity contribution in [3.05, 3.63) is 89.2 Å². The number of benzene rings is 3. The number of carbonyl (C=O) groups is 1. The summed E-state index contributed by atoms with van der Waals surface area (Å²) in [6.07, 6.45) is -4.62. The summed E-state index contributed by atoms with van der Waals surface area (Å²) in [5.74, 6) is -1.95. The Morgan fingerprint density at radius 1 is 0.970 bits per heavy atom. The minimum absolute atomic E-state index is 0.0658. The Morgan fingerprint density at radius 2 is 1.67 bits per heavy atom. The highest BCUT2D eigenvalue weighted by Crippen LogP contribution is 2.34. The van der Waals surface area contributed by atoms with Crippen LogP contribution in [-0.2, 0) is 17.5 Å². The number of hydrogen-bond acceptors (Lipinski definition) is 3. The van der Waals surface area contributed by atoms with Gasteiger partial charge in [-0.25, -0.2) is 14.2 Å². The van der Waals surface area contributed by atoms with Crippen LogP contribution in [0.5, 0.6) is 0 Å². The van der Waals surface area contributed by atoms with Gasteiger partial charge in [-0.1, -0.05) is 36.4 Å². The Kier molecular flexibility index (Phi) is 5.86. The molecule has 4 nitrogen and oxygen atoms in total. The first kappa shape index (κ1) is 22.4. The quantitative estimate of drug-likeness (QED) is 0.346. The second-order valence-electron chi connectivity index (χ2n) is 7.41. The number of pyridine rings is 1. The van der Waals surface area contributed by atoms with Gasteiger partial charge in [-0.05, 0) is 41.5 Å². The van der Waals surface area contributed by atoms with E-state index in [-0.39, 0.29) is 22.2 Å². The molecule has 1 aromatic heterocycles. The lowest BCUT2D eigenvalue weighted by Crippen LogP contribution is -2.06. The molecule has 33 heavy (non-hydrogen) atoms. The number of halogens is 4. The molecule has 0 aliphatic heterocycles. The van der Waals surface area contributed by atoms with Crippen LogP contribution in [0.4, 0.5) is 17.6 Å². The van der Waals surface area contributed by atoms with E-state index in [0.29, 0.717) is 23.3 Å². The molecule has 0 fully saturated rings. The fraction of sp³-hybridized carbons (Fsp3) is 0.120. The van der Waals surface area contributed by atoms with Crippen LogP contribution in [-0.4, -0.2) is 23.2 Å². The summed E-state index contributed by atoms with van der Waals surface area (Å²) in [4.78, 5) is 16.0. The molecule has 1 N–H and O–H groups in total. The molecule has 0 bridgehead atoms. The molecule has 0 aliphatic carbocycles. The zero-order valence-corrected chi connectivity index (χ0v) is 17.3. The Balaban J connectivity index is 1.77. The Hall–Kier alpha value is -3.78. The standard InChI is InChI=1S/C25H17F4NO3/c1-33-13-14-2-4-15(5-3-14)18-8-6-16(10-21(18)26)23-12-20(24(31)32)19-11-17(25(27,28)29)7-9-22(19)30-23/h2-12H,13H2,1H3,(H,31,32). The third kappa shape index (κ3) is 4.56. The third-order valence-corrected chi connectivity index (χ3v) is 5.21. The summed E-state index contributed by atoms with van der Waals surface area (Å²) in [7, 11) is 1.58. The van der Waals surface area contributed by atoms with Crippen molar-refractivity contribution in [2.45, 2.75) is 12.8 Å². The van der Waals surface area contributed by atoms with E-state index in [1.807, 2.05) is 12.1 Å². The van der Waals surface area contributed by atoms with Gasteiger partial charge in [0, 0.05) is 23.6 Å². The number of nitrogens with zero attached hydrogens (tertiary/aromatic N) is 1. The number of carboxylic acid groups (broad SMARTS) is 1. The lowest BCUT2D eigenvalue weighted by molar-refractivity contribution is -0.137. The molecular formula is C25H17F4NO3. The van der Waals surface area contributed by atoms with E-state index in [1.165, 1.54) is 6.07 Å². The SMILES string of the molecule is COCc1ccc(-c2ccc(-c3cc(C(=O)O)c4cc(C(F)(F)F)ccc4n3)cc2F)cc1. The third-order valence-electron chi connectivity index (χ3n) is 5.21. The molecule has 0 saturated carbocycles. The van der Waals surface area contributed by atoms with E-state index < -0.39 is 23.5 Å². The van der Waals surface area contributed by atoms with Gasteiger partial charge in [0.25, 0.3) is 0 Å². The largest absolute Gasteiger partial charge is 0.478 e. The van der Waals surface area contributed by atoms with Crippen molar-refractivity contribution in [2.75, 3.05) is 7.11 Å². The van der Waals surface area contributed by atoms with Crippen molar-refractivity contribution < 1.29 is 32.2 Å². The van der Waals surface area contributed by atoms with Crippen molar-refractivity contribution >= 4 is 16.9 Å². The number of alkyl halides is 3.